The van der Waals surface area contributed by atoms with Crippen LogP contribution in [0.1, 0.15) is 24.2 Å². The quantitative estimate of drug-likeness (QED) is 0.732. The van der Waals surface area contributed by atoms with Crippen molar-refractivity contribution in [2.24, 2.45) is 5.92 Å². The molecule has 2 aliphatic rings. The predicted molar refractivity (Wildman–Crippen MR) is 98.2 cm³/mol. The SMILES string of the molecule is Cc1cc(C[C@@H]2CN(c3cc(N4CCC(O)CC4)ncn3)C[C@@H]2O)n[nH]1. The molecule has 0 saturated carbocycles. The fourth-order valence-corrected chi connectivity index (χ4v) is 3.87. The number of rotatable bonds is 4. The van der Waals surface area contributed by atoms with Gasteiger partial charge in [0.15, 0.2) is 0 Å². The Morgan fingerprint density at radius 2 is 1.81 bits per heavy atom. The minimum atomic E-state index is -0.393. The Labute approximate surface area is 152 Å². The summed E-state index contributed by atoms with van der Waals surface area (Å²) in [6, 6.07) is 4.02. The molecule has 0 radical (unpaired) electrons. The Morgan fingerprint density at radius 1 is 1.08 bits per heavy atom. The number of hydrogen-bond acceptors (Lipinski definition) is 7. The molecule has 2 aliphatic heterocycles. The van der Waals surface area contributed by atoms with Crippen molar-refractivity contribution in [3.63, 3.8) is 0 Å². The third-order valence-corrected chi connectivity index (χ3v) is 5.39. The topological polar surface area (TPSA) is 101 Å². The van der Waals surface area contributed by atoms with Crippen LogP contribution in [-0.2, 0) is 6.42 Å². The minimum Gasteiger partial charge on any atom is -0.393 e. The molecule has 0 unspecified atom stereocenters. The fourth-order valence-electron chi connectivity index (χ4n) is 3.87. The van der Waals surface area contributed by atoms with Crippen molar-refractivity contribution in [2.75, 3.05) is 36.0 Å². The molecule has 0 aliphatic carbocycles. The number of nitrogens with zero attached hydrogens (tertiary/aromatic N) is 5. The zero-order valence-corrected chi connectivity index (χ0v) is 15.0. The van der Waals surface area contributed by atoms with Crippen LogP contribution in [0.3, 0.4) is 0 Å². The highest BCUT2D eigenvalue weighted by molar-refractivity contribution is 5.51. The Morgan fingerprint density at radius 3 is 2.50 bits per heavy atom. The Bertz CT molecular complexity index is 743. The van der Waals surface area contributed by atoms with Crippen molar-refractivity contribution >= 4 is 11.6 Å². The van der Waals surface area contributed by atoms with Gasteiger partial charge in [-0.05, 0) is 32.3 Å². The van der Waals surface area contributed by atoms with Gasteiger partial charge < -0.3 is 20.0 Å². The minimum absolute atomic E-state index is 0.140. The molecule has 2 aromatic rings. The van der Waals surface area contributed by atoms with Crippen LogP contribution in [0, 0.1) is 12.8 Å². The van der Waals surface area contributed by atoms with E-state index >= 15 is 0 Å². The molecule has 8 heteroatoms. The van der Waals surface area contributed by atoms with Crippen molar-refractivity contribution in [3.05, 3.63) is 29.8 Å². The van der Waals surface area contributed by atoms with Gasteiger partial charge in [0.2, 0.25) is 0 Å². The lowest BCUT2D eigenvalue weighted by Crippen LogP contribution is -2.36. The summed E-state index contributed by atoms with van der Waals surface area (Å²) in [4.78, 5) is 13.1. The van der Waals surface area contributed by atoms with Gasteiger partial charge in [0, 0.05) is 43.9 Å². The predicted octanol–water partition coefficient (Wildman–Crippen LogP) is 0.509. The summed E-state index contributed by atoms with van der Waals surface area (Å²) in [5.74, 6) is 1.88. The van der Waals surface area contributed by atoms with Crippen LogP contribution in [0.5, 0.6) is 0 Å². The number of β-amino-alcohol motifs (C(OH)–C–C–N with tert-alkyl or cyclic N) is 1. The molecule has 0 aromatic carbocycles. The van der Waals surface area contributed by atoms with Crippen molar-refractivity contribution in [3.8, 4) is 0 Å². The standard InChI is InChI=1S/C18H26N6O2/c1-12-6-14(22-21-12)7-13-9-24(10-16(13)26)18-8-17(19-11-20-18)23-4-2-15(25)3-5-23/h6,8,11,13,15-16,25-26H,2-5,7,9-10H2,1H3,(H,21,22)/t13-,16+/m1/s1. The van der Waals surface area contributed by atoms with E-state index in [1.54, 1.807) is 6.33 Å². The number of anilines is 2. The highest BCUT2D eigenvalue weighted by Gasteiger charge is 2.33. The lowest BCUT2D eigenvalue weighted by Gasteiger charge is -2.31. The Balaban J connectivity index is 1.43. The van der Waals surface area contributed by atoms with Gasteiger partial charge in [-0.15, -0.1) is 0 Å². The summed E-state index contributed by atoms with van der Waals surface area (Å²) in [5, 5.41) is 27.4. The lowest BCUT2D eigenvalue weighted by atomic mass is 10.0. The maximum Gasteiger partial charge on any atom is 0.134 e. The molecular formula is C18H26N6O2. The van der Waals surface area contributed by atoms with Crippen LogP contribution in [0.25, 0.3) is 0 Å². The third kappa shape index (κ3) is 3.66. The number of piperidine rings is 1. The van der Waals surface area contributed by atoms with Gasteiger partial charge in [-0.1, -0.05) is 0 Å². The number of aliphatic hydroxyl groups excluding tert-OH is 2. The molecule has 3 N–H and O–H groups in total. The normalized spacial score (nSPS) is 24.4. The van der Waals surface area contributed by atoms with Crippen molar-refractivity contribution in [2.45, 2.75) is 38.4 Å². The highest BCUT2D eigenvalue weighted by atomic mass is 16.3. The molecule has 0 amide bonds. The average Bonchev–Trinajstić information content (AvgIpc) is 3.22. The molecule has 4 heterocycles. The van der Waals surface area contributed by atoms with E-state index < -0.39 is 6.10 Å². The van der Waals surface area contributed by atoms with E-state index in [9.17, 15) is 10.2 Å². The van der Waals surface area contributed by atoms with Gasteiger partial charge in [0.25, 0.3) is 0 Å². The molecule has 2 atom stereocenters. The molecule has 0 bridgehead atoms. The molecule has 2 fully saturated rings. The van der Waals surface area contributed by atoms with Crippen LogP contribution < -0.4 is 9.80 Å². The zero-order chi connectivity index (χ0) is 18.1. The number of nitrogens with one attached hydrogen (secondary N) is 1. The lowest BCUT2D eigenvalue weighted by molar-refractivity contribution is 0.145. The third-order valence-electron chi connectivity index (χ3n) is 5.39. The number of hydrogen-bond donors (Lipinski definition) is 3. The molecular weight excluding hydrogens is 332 g/mol. The first kappa shape index (κ1) is 17.2. The molecule has 8 nitrogen and oxygen atoms in total. The van der Waals surface area contributed by atoms with E-state index in [4.69, 9.17) is 0 Å². The Kier molecular flexibility index (Phi) is 4.78. The molecule has 0 spiro atoms. The summed E-state index contributed by atoms with van der Waals surface area (Å²) < 4.78 is 0. The maximum absolute atomic E-state index is 10.5. The number of aromatic nitrogens is 4. The number of aromatic amines is 1. The highest BCUT2D eigenvalue weighted by Crippen LogP contribution is 2.27. The number of aliphatic hydroxyl groups is 2. The van der Waals surface area contributed by atoms with E-state index in [1.807, 2.05) is 19.1 Å². The van der Waals surface area contributed by atoms with Gasteiger partial charge in [-0.25, -0.2) is 9.97 Å². The maximum atomic E-state index is 10.5. The number of aryl methyl sites for hydroxylation is 1. The van der Waals surface area contributed by atoms with E-state index in [0.717, 1.165) is 61.9 Å². The Hall–Kier alpha value is -2.19. The summed E-state index contributed by atoms with van der Waals surface area (Å²) in [7, 11) is 0. The van der Waals surface area contributed by atoms with Crippen molar-refractivity contribution in [1.82, 2.24) is 20.2 Å². The van der Waals surface area contributed by atoms with Gasteiger partial charge in [-0.2, -0.15) is 5.10 Å². The first-order valence-corrected chi connectivity index (χ1v) is 9.27. The van der Waals surface area contributed by atoms with E-state index in [1.165, 1.54) is 0 Å². The van der Waals surface area contributed by atoms with Crippen LogP contribution in [0.15, 0.2) is 18.5 Å². The second-order valence-electron chi connectivity index (χ2n) is 7.43. The second kappa shape index (κ2) is 7.20. The first-order chi connectivity index (χ1) is 12.6. The van der Waals surface area contributed by atoms with Gasteiger partial charge in [0.05, 0.1) is 17.9 Å². The van der Waals surface area contributed by atoms with Gasteiger partial charge in [-0.3, -0.25) is 5.10 Å². The largest absolute Gasteiger partial charge is 0.393 e. The van der Waals surface area contributed by atoms with E-state index in [2.05, 4.69) is 30.0 Å². The summed E-state index contributed by atoms with van der Waals surface area (Å²) in [6.07, 6.45) is 3.29. The summed E-state index contributed by atoms with van der Waals surface area (Å²) in [6.45, 7) is 4.92. The average molecular weight is 358 g/mol. The monoisotopic (exact) mass is 358 g/mol. The van der Waals surface area contributed by atoms with Crippen LogP contribution in [0.2, 0.25) is 0 Å². The molecule has 4 rings (SSSR count). The first-order valence-electron chi connectivity index (χ1n) is 9.27. The fraction of sp³-hybridized carbons (Fsp3) is 0.611. The summed E-state index contributed by atoms with van der Waals surface area (Å²) >= 11 is 0. The second-order valence-corrected chi connectivity index (χ2v) is 7.43. The van der Waals surface area contributed by atoms with Gasteiger partial charge in [0.1, 0.15) is 18.0 Å². The number of H-pyrrole nitrogens is 1. The van der Waals surface area contributed by atoms with Gasteiger partial charge >= 0.3 is 0 Å². The van der Waals surface area contributed by atoms with Crippen molar-refractivity contribution in [1.29, 1.82) is 0 Å². The van der Waals surface area contributed by atoms with Crippen LogP contribution >= 0.6 is 0 Å². The van der Waals surface area contributed by atoms with E-state index in [0.29, 0.717) is 6.54 Å². The zero-order valence-electron chi connectivity index (χ0n) is 15.0. The van der Waals surface area contributed by atoms with Crippen LogP contribution in [0.4, 0.5) is 11.6 Å². The smallest absolute Gasteiger partial charge is 0.134 e. The van der Waals surface area contributed by atoms with E-state index in [-0.39, 0.29) is 12.0 Å². The van der Waals surface area contributed by atoms with Crippen molar-refractivity contribution < 1.29 is 10.2 Å². The molecule has 26 heavy (non-hydrogen) atoms. The summed E-state index contributed by atoms with van der Waals surface area (Å²) in [5.41, 5.74) is 2.03. The molecule has 140 valence electrons. The molecule has 2 saturated heterocycles. The van der Waals surface area contributed by atoms with Crippen LogP contribution in [-0.4, -0.2) is 68.8 Å². The molecule has 2 aromatic heterocycles.